The molecule has 1 aromatic rings. The largest absolute Gasteiger partial charge is 0.352 e. The van der Waals surface area contributed by atoms with Gasteiger partial charge in [-0.3, -0.25) is 9.69 Å². The minimum Gasteiger partial charge on any atom is -0.352 e. The van der Waals surface area contributed by atoms with Crippen molar-refractivity contribution in [2.24, 2.45) is 5.92 Å². The first-order valence-corrected chi connectivity index (χ1v) is 13.1. The fourth-order valence-corrected chi connectivity index (χ4v) is 6.11. The third-order valence-electron chi connectivity index (χ3n) is 6.43. The standard InChI is InChI=1S/C23H37N3O3S/c1-3-15-30(28,29)26-14-6-8-22(18-26)23(27)24-16-20-9-11-21(12-10-20)17-25-13-5-4-7-19(25)2/h9-12,19,22H,3-8,13-18H2,1-2H3,(H,24,27). The van der Waals surface area contributed by atoms with Crippen LogP contribution >= 0.6 is 0 Å². The smallest absolute Gasteiger partial charge is 0.224 e. The molecule has 0 aliphatic carbocycles. The van der Waals surface area contributed by atoms with E-state index in [9.17, 15) is 13.2 Å². The van der Waals surface area contributed by atoms with E-state index in [1.165, 1.54) is 35.7 Å². The SMILES string of the molecule is CCCS(=O)(=O)N1CCCC(C(=O)NCc2ccc(CN3CCCCC3C)cc2)C1. The van der Waals surface area contributed by atoms with Gasteiger partial charge in [0.25, 0.3) is 0 Å². The van der Waals surface area contributed by atoms with Gasteiger partial charge in [-0.15, -0.1) is 0 Å². The Kier molecular flexibility index (Phi) is 8.31. The lowest BCUT2D eigenvalue weighted by Gasteiger charge is -2.33. The molecule has 0 bridgehead atoms. The molecular formula is C23H37N3O3S. The quantitative estimate of drug-likeness (QED) is 0.681. The predicted octanol–water partition coefficient (Wildman–Crippen LogP) is 3.13. The molecule has 1 aromatic carbocycles. The van der Waals surface area contributed by atoms with E-state index in [0.717, 1.165) is 24.9 Å². The van der Waals surface area contributed by atoms with Gasteiger partial charge in [0.15, 0.2) is 0 Å². The summed E-state index contributed by atoms with van der Waals surface area (Å²) in [5.41, 5.74) is 2.38. The van der Waals surface area contributed by atoms with E-state index < -0.39 is 10.0 Å². The number of nitrogens with one attached hydrogen (secondary N) is 1. The molecule has 2 aliphatic heterocycles. The summed E-state index contributed by atoms with van der Waals surface area (Å²) in [5, 5.41) is 3.01. The summed E-state index contributed by atoms with van der Waals surface area (Å²) in [7, 11) is -3.24. The van der Waals surface area contributed by atoms with Crippen LogP contribution in [0, 0.1) is 5.92 Å². The Morgan fingerprint density at radius 2 is 1.80 bits per heavy atom. The topological polar surface area (TPSA) is 69.7 Å². The number of carbonyl (C=O) groups is 1. The average Bonchev–Trinajstić information content (AvgIpc) is 2.75. The molecule has 2 atom stereocenters. The van der Waals surface area contributed by atoms with E-state index in [1.54, 1.807) is 0 Å². The fraction of sp³-hybridized carbons (Fsp3) is 0.696. The Morgan fingerprint density at radius 3 is 2.50 bits per heavy atom. The first-order valence-electron chi connectivity index (χ1n) is 11.5. The summed E-state index contributed by atoms with van der Waals surface area (Å²) in [6.07, 6.45) is 5.98. The first kappa shape index (κ1) is 23.2. The molecule has 2 heterocycles. The number of hydrogen-bond donors (Lipinski definition) is 1. The fourth-order valence-electron chi connectivity index (χ4n) is 4.52. The maximum absolute atomic E-state index is 12.6. The Morgan fingerprint density at radius 1 is 1.07 bits per heavy atom. The van der Waals surface area contributed by atoms with Crippen molar-refractivity contribution in [3.8, 4) is 0 Å². The number of hydrogen-bond acceptors (Lipinski definition) is 4. The maximum atomic E-state index is 12.6. The zero-order valence-electron chi connectivity index (χ0n) is 18.5. The van der Waals surface area contributed by atoms with Gasteiger partial charge in [-0.25, -0.2) is 12.7 Å². The monoisotopic (exact) mass is 435 g/mol. The van der Waals surface area contributed by atoms with Crippen molar-refractivity contribution in [3.05, 3.63) is 35.4 Å². The lowest BCUT2D eigenvalue weighted by molar-refractivity contribution is -0.126. The summed E-state index contributed by atoms with van der Waals surface area (Å²) in [4.78, 5) is 15.2. The van der Waals surface area contributed by atoms with Gasteiger partial charge in [0, 0.05) is 32.2 Å². The third kappa shape index (κ3) is 6.28. The first-order chi connectivity index (χ1) is 14.4. The summed E-state index contributed by atoms with van der Waals surface area (Å²) in [6, 6.07) is 9.13. The van der Waals surface area contributed by atoms with Crippen LogP contribution in [0.5, 0.6) is 0 Å². The zero-order valence-corrected chi connectivity index (χ0v) is 19.3. The Labute approximate surface area is 182 Å². The minimum atomic E-state index is -3.24. The molecule has 3 rings (SSSR count). The number of piperidine rings is 2. The van der Waals surface area contributed by atoms with Gasteiger partial charge in [0.2, 0.25) is 15.9 Å². The molecule has 0 saturated carbocycles. The van der Waals surface area contributed by atoms with E-state index >= 15 is 0 Å². The minimum absolute atomic E-state index is 0.0439. The van der Waals surface area contributed by atoms with Crippen LogP contribution in [-0.2, 0) is 27.9 Å². The molecule has 2 unspecified atom stereocenters. The van der Waals surface area contributed by atoms with Gasteiger partial charge in [-0.1, -0.05) is 37.6 Å². The van der Waals surface area contributed by atoms with Crippen LogP contribution in [0.25, 0.3) is 0 Å². The van der Waals surface area contributed by atoms with Crippen molar-refractivity contribution in [2.75, 3.05) is 25.4 Å². The number of nitrogens with zero attached hydrogens (tertiary/aromatic N) is 2. The van der Waals surface area contributed by atoms with Crippen LogP contribution in [0.3, 0.4) is 0 Å². The second-order valence-corrected chi connectivity index (χ2v) is 11.0. The van der Waals surface area contributed by atoms with Crippen molar-refractivity contribution in [1.29, 1.82) is 0 Å². The van der Waals surface area contributed by atoms with Crippen LogP contribution in [0.2, 0.25) is 0 Å². The van der Waals surface area contributed by atoms with Crippen LogP contribution in [-0.4, -0.2) is 55.0 Å². The van der Waals surface area contributed by atoms with Crippen LogP contribution in [0.4, 0.5) is 0 Å². The lowest BCUT2D eigenvalue weighted by atomic mass is 9.98. The Hall–Kier alpha value is -1.44. The Bertz CT molecular complexity index is 794. The van der Waals surface area contributed by atoms with Gasteiger partial charge in [0.1, 0.15) is 0 Å². The van der Waals surface area contributed by atoms with Gasteiger partial charge in [0.05, 0.1) is 11.7 Å². The van der Waals surface area contributed by atoms with Crippen LogP contribution in [0.1, 0.15) is 63.5 Å². The highest BCUT2D eigenvalue weighted by Crippen LogP contribution is 2.21. The molecule has 7 heteroatoms. The predicted molar refractivity (Wildman–Crippen MR) is 120 cm³/mol. The molecule has 0 radical (unpaired) electrons. The normalized spacial score (nSPS) is 23.9. The van der Waals surface area contributed by atoms with Crippen LogP contribution in [0.15, 0.2) is 24.3 Å². The molecule has 2 fully saturated rings. The highest BCUT2D eigenvalue weighted by molar-refractivity contribution is 7.89. The number of benzene rings is 1. The van der Waals surface area contributed by atoms with Crippen molar-refractivity contribution in [1.82, 2.24) is 14.5 Å². The zero-order chi connectivity index (χ0) is 21.6. The van der Waals surface area contributed by atoms with E-state index in [4.69, 9.17) is 0 Å². The third-order valence-corrected chi connectivity index (χ3v) is 8.47. The average molecular weight is 436 g/mol. The molecule has 1 N–H and O–H groups in total. The molecule has 30 heavy (non-hydrogen) atoms. The van der Waals surface area contributed by atoms with E-state index in [1.807, 2.05) is 6.92 Å². The van der Waals surface area contributed by atoms with Gasteiger partial charge in [-0.05, 0) is 56.7 Å². The molecule has 0 spiro atoms. The molecule has 2 aliphatic rings. The molecular weight excluding hydrogens is 398 g/mol. The molecule has 0 aromatic heterocycles. The molecule has 2 saturated heterocycles. The van der Waals surface area contributed by atoms with Gasteiger partial charge >= 0.3 is 0 Å². The van der Waals surface area contributed by atoms with Crippen molar-refractivity contribution in [2.45, 2.75) is 71.5 Å². The number of carbonyl (C=O) groups excluding carboxylic acids is 1. The number of sulfonamides is 1. The second-order valence-electron chi connectivity index (χ2n) is 8.86. The highest BCUT2D eigenvalue weighted by Gasteiger charge is 2.31. The van der Waals surface area contributed by atoms with Crippen molar-refractivity contribution in [3.63, 3.8) is 0 Å². The maximum Gasteiger partial charge on any atom is 0.224 e. The summed E-state index contributed by atoms with van der Waals surface area (Å²) < 4.78 is 26.1. The van der Waals surface area contributed by atoms with E-state index in [-0.39, 0.29) is 17.6 Å². The molecule has 1 amide bonds. The highest BCUT2D eigenvalue weighted by atomic mass is 32.2. The Balaban J connectivity index is 1.48. The van der Waals surface area contributed by atoms with E-state index in [0.29, 0.717) is 32.1 Å². The van der Waals surface area contributed by atoms with E-state index in [2.05, 4.69) is 41.4 Å². The number of rotatable bonds is 8. The number of likely N-dealkylation sites (tertiary alicyclic amines) is 1. The molecule has 168 valence electrons. The lowest BCUT2D eigenvalue weighted by Crippen LogP contribution is -2.45. The van der Waals surface area contributed by atoms with Crippen molar-refractivity contribution < 1.29 is 13.2 Å². The van der Waals surface area contributed by atoms with Crippen molar-refractivity contribution >= 4 is 15.9 Å². The summed E-state index contributed by atoms with van der Waals surface area (Å²) in [6.45, 7) is 7.65. The van der Waals surface area contributed by atoms with Gasteiger partial charge < -0.3 is 5.32 Å². The summed E-state index contributed by atoms with van der Waals surface area (Å²) in [5.74, 6) is -0.146. The number of amides is 1. The van der Waals surface area contributed by atoms with Gasteiger partial charge in [-0.2, -0.15) is 0 Å². The van der Waals surface area contributed by atoms with Crippen LogP contribution < -0.4 is 5.32 Å². The summed E-state index contributed by atoms with van der Waals surface area (Å²) >= 11 is 0. The second kappa shape index (κ2) is 10.7. The molecule has 6 nitrogen and oxygen atoms in total.